The predicted molar refractivity (Wildman–Crippen MR) is 95.8 cm³/mol. The Labute approximate surface area is 153 Å². The standard InChI is InChI=1S/C15H13Cl3N6/c16-9-3-4-10(11(17)7-9)12-13(18)22-15-19-8-21-24(15)14(12)23-6-2-1-5-20-23/h3-4,7-8,20H,1-2,5-6H2. The summed E-state index contributed by atoms with van der Waals surface area (Å²) in [5.74, 6) is 1.21. The second kappa shape index (κ2) is 6.37. The van der Waals surface area contributed by atoms with Gasteiger partial charge in [-0.1, -0.05) is 40.9 Å². The van der Waals surface area contributed by atoms with Crippen LogP contribution in [0.1, 0.15) is 12.8 Å². The second-order valence-corrected chi connectivity index (χ2v) is 6.67. The highest BCUT2D eigenvalue weighted by molar-refractivity contribution is 6.38. The molecule has 6 nitrogen and oxygen atoms in total. The van der Waals surface area contributed by atoms with Gasteiger partial charge >= 0.3 is 0 Å². The van der Waals surface area contributed by atoms with Gasteiger partial charge in [0.25, 0.3) is 5.78 Å². The van der Waals surface area contributed by atoms with Crippen molar-refractivity contribution in [2.24, 2.45) is 0 Å². The van der Waals surface area contributed by atoms with Crippen LogP contribution in [0.5, 0.6) is 0 Å². The molecule has 0 amide bonds. The first-order chi connectivity index (χ1) is 11.6. The molecular formula is C15H13Cl3N6. The average molecular weight is 384 g/mol. The molecular weight excluding hydrogens is 371 g/mol. The summed E-state index contributed by atoms with van der Waals surface area (Å²) >= 11 is 18.9. The minimum absolute atomic E-state index is 0.321. The van der Waals surface area contributed by atoms with Crippen molar-refractivity contribution < 1.29 is 0 Å². The van der Waals surface area contributed by atoms with Crippen LogP contribution in [0, 0.1) is 0 Å². The summed E-state index contributed by atoms with van der Waals surface area (Å²) in [7, 11) is 0. The van der Waals surface area contributed by atoms with Gasteiger partial charge in [-0.3, -0.25) is 5.01 Å². The van der Waals surface area contributed by atoms with E-state index < -0.39 is 0 Å². The van der Waals surface area contributed by atoms with Crippen molar-refractivity contribution in [2.75, 3.05) is 18.1 Å². The highest BCUT2D eigenvalue weighted by Gasteiger charge is 2.25. The minimum atomic E-state index is 0.321. The van der Waals surface area contributed by atoms with Crippen LogP contribution >= 0.6 is 34.8 Å². The SMILES string of the molecule is Clc1ccc(-c2c(Cl)nc3ncnn3c2N2CCCCN2)c(Cl)c1. The Kier molecular flexibility index (Phi) is 4.22. The number of rotatable bonds is 2. The van der Waals surface area contributed by atoms with E-state index in [-0.39, 0.29) is 0 Å². The van der Waals surface area contributed by atoms with Crippen molar-refractivity contribution in [2.45, 2.75) is 12.8 Å². The van der Waals surface area contributed by atoms with E-state index in [1.54, 1.807) is 16.6 Å². The zero-order valence-electron chi connectivity index (χ0n) is 12.5. The average Bonchev–Trinajstić information content (AvgIpc) is 3.03. The maximum Gasteiger partial charge on any atom is 0.255 e. The number of nitrogens with one attached hydrogen (secondary N) is 1. The molecule has 9 heteroatoms. The third-order valence-electron chi connectivity index (χ3n) is 3.93. The van der Waals surface area contributed by atoms with E-state index in [4.69, 9.17) is 34.8 Å². The summed E-state index contributed by atoms with van der Waals surface area (Å²) in [4.78, 5) is 8.49. The molecule has 3 aromatic rings. The third kappa shape index (κ3) is 2.69. The number of aromatic nitrogens is 4. The lowest BCUT2D eigenvalue weighted by Crippen LogP contribution is -2.44. The van der Waals surface area contributed by atoms with Crippen LogP contribution in [0.25, 0.3) is 16.9 Å². The Bertz CT molecular complexity index is 904. The molecule has 1 aromatic carbocycles. The summed E-state index contributed by atoms with van der Waals surface area (Å²) in [6, 6.07) is 5.30. The minimum Gasteiger partial charge on any atom is -0.291 e. The molecule has 0 radical (unpaired) electrons. The zero-order valence-corrected chi connectivity index (χ0v) is 14.8. The van der Waals surface area contributed by atoms with Gasteiger partial charge in [-0.05, 0) is 25.0 Å². The number of fused-ring (bicyclic) bond motifs is 1. The molecule has 1 fully saturated rings. The molecule has 1 aliphatic heterocycles. The molecule has 1 aliphatic rings. The van der Waals surface area contributed by atoms with Gasteiger partial charge in [0.1, 0.15) is 11.5 Å². The highest BCUT2D eigenvalue weighted by Crippen LogP contribution is 2.40. The van der Waals surface area contributed by atoms with Crippen LogP contribution in [0.15, 0.2) is 24.5 Å². The summed E-state index contributed by atoms with van der Waals surface area (Å²) in [6.07, 6.45) is 3.64. The van der Waals surface area contributed by atoms with Crippen molar-refractivity contribution >= 4 is 46.4 Å². The van der Waals surface area contributed by atoms with Crippen LogP contribution in [-0.2, 0) is 0 Å². The third-order valence-corrected chi connectivity index (χ3v) is 4.75. The van der Waals surface area contributed by atoms with E-state index in [9.17, 15) is 0 Å². The van der Waals surface area contributed by atoms with E-state index in [2.05, 4.69) is 20.5 Å². The van der Waals surface area contributed by atoms with Gasteiger partial charge in [0.15, 0.2) is 5.82 Å². The monoisotopic (exact) mass is 382 g/mol. The van der Waals surface area contributed by atoms with Crippen molar-refractivity contribution in [1.29, 1.82) is 0 Å². The Morgan fingerprint density at radius 1 is 1.12 bits per heavy atom. The molecule has 4 rings (SSSR count). The van der Waals surface area contributed by atoms with E-state index in [1.807, 2.05) is 11.1 Å². The van der Waals surface area contributed by atoms with Crippen molar-refractivity contribution in [3.8, 4) is 11.1 Å². The van der Waals surface area contributed by atoms with Crippen LogP contribution in [0.2, 0.25) is 15.2 Å². The topological polar surface area (TPSA) is 58.4 Å². The Morgan fingerprint density at radius 2 is 2.00 bits per heavy atom. The zero-order chi connectivity index (χ0) is 16.7. The number of nitrogens with zero attached hydrogens (tertiary/aromatic N) is 5. The fraction of sp³-hybridized carbons (Fsp3) is 0.267. The van der Waals surface area contributed by atoms with Crippen LogP contribution in [0.4, 0.5) is 5.82 Å². The number of hydrogen-bond acceptors (Lipinski definition) is 5. The van der Waals surface area contributed by atoms with Gasteiger partial charge in [-0.2, -0.15) is 19.6 Å². The quantitative estimate of drug-likeness (QED) is 0.681. The number of benzene rings is 1. The second-order valence-electron chi connectivity index (χ2n) is 5.46. The van der Waals surface area contributed by atoms with Crippen molar-refractivity contribution in [3.63, 3.8) is 0 Å². The van der Waals surface area contributed by atoms with Gasteiger partial charge < -0.3 is 0 Å². The Morgan fingerprint density at radius 3 is 2.75 bits per heavy atom. The highest BCUT2D eigenvalue weighted by atomic mass is 35.5. The lowest BCUT2D eigenvalue weighted by molar-refractivity contribution is 0.503. The fourth-order valence-electron chi connectivity index (χ4n) is 2.84. The van der Waals surface area contributed by atoms with Gasteiger partial charge in [-0.15, -0.1) is 0 Å². The molecule has 1 saturated heterocycles. The normalized spacial score (nSPS) is 15.2. The molecule has 0 saturated carbocycles. The van der Waals surface area contributed by atoms with E-state index in [1.165, 1.54) is 6.33 Å². The van der Waals surface area contributed by atoms with E-state index in [0.717, 1.165) is 37.3 Å². The molecule has 3 heterocycles. The fourth-order valence-corrected chi connectivity index (χ4v) is 3.61. The van der Waals surface area contributed by atoms with Gasteiger partial charge in [0.2, 0.25) is 0 Å². The molecule has 0 aliphatic carbocycles. The molecule has 0 spiro atoms. The lowest BCUT2D eigenvalue weighted by atomic mass is 10.1. The largest absolute Gasteiger partial charge is 0.291 e. The molecule has 0 unspecified atom stereocenters. The first-order valence-electron chi connectivity index (χ1n) is 7.51. The number of halogens is 3. The molecule has 2 aromatic heterocycles. The maximum absolute atomic E-state index is 6.49. The first kappa shape index (κ1) is 15.9. The smallest absolute Gasteiger partial charge is 0.255 e. The first-order valence-corrected chi connectivity index (χ1v) is 8.64. The van der Waals surface area contributed by atoms with Gasteiger partial charge in [0.05, 0.1) is 10.6 Å². The molecule has 1 N–H and O–H groups in total. The molecule has 24 heavy (non-hydrogen) atoms. The van der Waals surface area contributed by atoms with Crippen molar-refractivity contribution in [3.05, 3.63) is 39.7 Å². The summed E-state index contributed by atoms with van der Waals surface area (Å²) in [6.45, 7) is 1.71. The van der Waals surface area contributed by atoms with Gasteiger partial charge in [0, 0.05) is 23.7 Å². The Hall–Kier alpha value is -1.60. The predicted octanol–water partition coefficient (Wildman–Crippen LogP) is 3.86. The molecule has 0 bridgehead atoms. The van der Waals surface area contributed by atoms with Crippen LogP contribution in [-0.4, -0.2) is 32.7 Å². The summed E-state index contributed by atoms with van der Waals surface area (Å²) < 4.78 is 1.67. The molecule has 124 valence electrons. The van der Waals surface area contributed by atoms with Gasteiger partial charge in [-0.25, -0.2) is 5.43 Å². The lowest BCUT2D eigenvalue weighted by Gasteiger charge is -2.31. The summed E-state index contributed by atoms with van der Waals surface area (Å²) in [5.41, 5.74) is 4.82. The maximum atomic E-state index is 6.49. The number of hydrazine groups is 1. The van der Waals surface area contributed by atoms with Crippen molar-refractivity contribution in [1.82, 2.24) is 25.0 Å². The van der Waals surface area contributed by atoms with E-state index in [0.29, 0.717) is 26.5 Å². The number of anilines is 1. The Balaban J connectivity index is 2.01. The summed E-state index contributed by atoms with van der Waals surface area (Å²) in [5, 5.41) is 7.72. The van der Waals surface area contributed by atoms with Crippen LogP contribution in [0.3, 0.4) is 0 Å². The molecule has 0 atom stereocenters. The van der Waals surface area contributed by atoms with Crippen LogP contribution < -0.4 is 10.4 Å². The number of hydrogen-bond donors (Lipinski definition) is 1. The van der Waals surface area contributed by atoms with E-state index >= 15 is 0 Å².